The monoisotopic (exact) mass is 480 g/mol. The maximum atomic E-state index is 13.7. The molecular weight excluding hydrogens is 469 g/mol. The van der Waals surface area contributed by atoms with Crippen molar-refractivity contribution in [2.75, 3.05) is 18.5 Å². The van der Waals surface area contributed by atoms with Gasteiger partial charge in [0.1, 0.15) is 13.2 Å². The Bertz CT molecular complexity index is 1350. The third-order valence-electron chi connectivity index (χ3n) is 4.58. The molecule has 1 aromatic carbocycles. The SMILES string of the molecule is O=C(Nc1ccc2c(c1)OCCO2)c1cc2nc(-c3ccc(Cl)s3)cc(C(F)(F)F)n2n1. The number of halogens is 4. The largest absolute Gasteiger partial charge is 0.486 e. The second-order valence-electron chi connectivity index (χ2n) is 6.74. The number of anilines is 1. The number of hydrogen-bond acceptors (Lipinski definition) is 6. The number of alkyl halides is 3. The topological polar surface area (TPSA) is 77.8 Å². The molecule has 4 heterocycles. The summed E-state index contributed by atoms with van der Waals surface area (Å²) in [7, 11) is 0. The highest BCUT2D eigenvalue weighted by atomic mass is 35.5. The van der Waals surface area contributed by atoms with Crippen molar-refractivity contribution in [2.24, 2.45) is 0 Å². The third-order valence-corrected chi connectivity index (χ3v) is 5.83. The maximum Gasteiger partial charge on any atom is 0.433 e. The van der Waals surface area contributed by atoms with Crippen molar-refractivity contribution in [3.05, 3.63) is 58.2 Å². The number of fused-ring (bicyclic) bond motifs is 2. The predicted molar refractivity (Wildman–Crippen MR) is 112 cm³/mol. The van der Waals surface area contributed by atoms with Crippen LogP contribution in [0.15, 0.2) is 42.5 Å². The number of nitrogens with zero attached hydrogens (tertiary/aromatic N) is 3. The molecular formula is C20H12ClF3N4O3S. The molecule has 0 atom stereocenters. The van der Waals surface area contributed by atoms with Gasteiger partial charge in [-0.25, -0.2) is 9.50 Å². The Balaban J connectivity index is 1.51. The molecule has 4 aromatic rings. The normalized spacial score (nSPS) is 13.4. The molecule has 0 radical (unpaired) electrons. The molecule has 7 nitrogen and oxygen atoms in total. The van der Waals surface area contributed by atoms with Crippen LogP contribution in [0.1, 0.15) is 16.2 Å². The molecule has 1 aliphatic rings. The van der Waals surface area contributed by atoms with Crippen molar-refractivity contribution in [1.82, 2.24) is 14.6 Å². The van der Waals surface area contributed by atoms with E-state index in [4.69, 9.17) is 21.1 Å². The molecule has 32 heavy (non-hydrogen) atoms. The van der Waals surface area contributed by atoms with Crippen molar-refractivity contribution in [3.8, 4) is 22.1 Å². The number of carbonyl (C=O) groups excluding carboxylic acids is 1. The molecule has 164 valence electrons. The number of benzene rings is 1. The smallest absolute Gasteiger partial charge is 0.433 e. The lowest BCUT2D eigenvalue weighted by Crippen LogP contribution is -2.17. The zero-order valence-corrected chi connectivity index (χ0v) is 17.5. The van der Waals surface area contributed by atoms with Crippen LogP contribution >= 0.6 is 22.9 Å². The predicted octanol–water partition coefficient (Wildman–Crippen LogP) is 5.15. The van der Waals surface area contributed by atoms with E-state index in [1.54, 1.807) is 30.3 Å². The molecule has 0 bridgehead atoms. The van der Waals surface area contributed by atoms with E-state index in [9.17, 15) is 18.0 Å². The molecule has 12 heteroatoms. The first-order chi connectivity index (χ1) is 15.3. The Labute approximate surface area is 187 Å². The first-order valence-corrected chi connectivity index (χ1v) is 10.4. The second kappa shape index (κ2) is 7.68. The number of thiophene rings is 1. The Morgan fingerprint density at radius 1 is 1.09 bits per heavy atom. The van der Waals surface area contributed by atoms with Gasteiger partial charge in [0.15, 0.2) is 28.5 Å². The average Bonchev–Trinajstić information content (AvgIpc) is 3.38. The number of amides is 1. The molecule has 0 fully saturated rings. The van der Waals surface area contributed by atoms with E-state index in [0.29, 0.717) is 44.1 Å². The fourth-order valence-electron chi connectivity index (χ4n) is 3.18. The van der Waals surface area contributed by atoms with E-state index in [2.05, 4.69) is 15.4 Å². The van der Waals surface area contributed by atoms with Crippen molar-refractivity contribution in [2.45, 2.75) is 6.18 Å². The third kappa shape index (κ3) is 3.84. The van der Waals surface area contributed by atoms with Gasteiger partial charge in [-0.3, -0.25) is 4.79 Å². The summed E-state index contributed by atoms with van der Waals surface area (Å²) in [5.74, 6) is 0.313. The van der Waals surface area contributed by atoms with Crippen LogP contribution in [0.25, 0.3) is 16.2 Å². The number of ether oxygens (including phenoxy) is 2. The van der Waals surface area contributed by atoms with Crippen LogP contribution in [0, 0.1) is 0 Å². The highest BCUT2D eigenvalue weighted by Crippen LogP contribution is 2.36. The molecule has 1 aliphatic heterocycles. The molecule has 0 saturated carbocycles. The Kier molecular flexibility index (Phi) is 4.94. The summed E-state index contributed by atoms with van der Waals surface area (Å²) in [4.78, 5) is 17.4. The summed E-state index contributed by atoms with van der Waals surface area (Å²) in [5, 5.41) is 6.45. The van der Waals surface area contributed by atoms with E-state index in [1.807, 2.05) is 0 Å². The molecule has 5 rings (SSSR count). The quantitative estimate of drug-likeness (QED) is 0.438. The van der Waals surface area contributed by atoms with Gasteiger partial charge in [0.2, 0.25) is 0 Å². The number of carbonyl (C=O) groups is 1. The van der Waals surface area contributed by atoms with Gasteiger partial charge in [0.05, 0.1) is 14.9 Å². The number of aromatic nitrogens is 3. The van der Waals surface area contributed by atoms with Crippen LogP contribution in [0.2, 0.25) is 4.34 Å². The molecule has 1 amide bonds. The van der Waals surface area contributed by atoms with Crippen molar-refractivity contribution >= 4 is 40.2 Å². The van der Waals surface area contributed by atoms with E-state index in [0.717, 1.165) is 17.4 Å². The highest BCUT2D eigenvalue weighted by molar-refractivity contribution is 7.19. The number of rotatable bonds is 3. The summed E-state index contributed by atoms with van der Waals surface area (Å²) in [6.07, 6.45) is -4.72. The van der Waals surface area contributed by atoms with Crippen LogP contribution in [0.3, 0.4) is 0 Å². The van der Waals surface area contributed by atoms with E-state index in [1.165, 1.54) is 6.07 Å². The first-order valence-electron chi connectivity index (χ1n) is 9.23. The van der Waals surface area contributed by atoms with Gasteiger partial charge in [-0.2, -0.15) is 18.3 Å². The van der Waals surface area contributed by atoms with Crippen molar-refractivity contribution in [3.63, 3.8) is 0 Å². The first kappa shape index (κ1) is 20.6. The van der Waals surface area contributed by atoms with Gasteiger partial charge in [-0.05, 0) is 30.3 Å². The minimum atomic E-state index is -4.72. The van der Waals surface area contributed by atoms with Gasteiger partial charge in [0.25, 0.3) is 5.91 Å². The molecule has 0 spiro atoms. The molecule has 1 N–H and O–H groups in total. The zero-order chi connectivity index (χ0) is 22.5. The van der Waals surface area contributed by atoms with Gasteiger partial charge in [0, 0.05) is 17.8 Å². The van der Waals surface area contributed by atoms with Crippen molar-refractivity contribution in [1.29, 1.82) is 0 Å². The molecule has 3 aromatic heterocycles. The summed E-state index contributed by atoms with van der Waals surface area (Å²) in [5.41, 5.74) is -0.930. The molecule has 0 unspecified atom stereocenters. The van der Waals surface area contributed by atoms with Crippen LogP contribution < -0.4 is 14.8 Å². The fourth-order valence-corrected chi connectivity index (χ4v) is 4.19. The van der Waals surface area contributed by atoms with Gasteiger partial charge in [-0.15, -0.1) is 11.3 Å². The lowest BCUT2D eigenvalue weighted by molar-refractivity contribution is -0.142. The molecule has 0 saturated heterocycles. The average molecular weight is 481 g/mol. The number of nitrogens with one attached hydrogen (secondary N) is 1. The summed E-state index contributed by atoms with van der Waals surface area (Å²) < 4.78 is 53.0. The van der Waals surface area contributed by atoms with Crippen LogP contribution in [0.4, 0.5) is 18.9 Å². The summed E-state index contributed by atoms with van der Waals surface area (Å²) >= 11 is 7.01. The van der Waals surface area contributed by atoms with Gasteiger partial charge in [-0.1, -0.05) is 11.6 Å². The minimum Gasteiger partial charge on any atom is -0.486 e. The van der Waals surface area contributed by atoms with E-state index in [-0.39, 0.29) is 17.0 Å². The van der Waals surface area contributed by atoms with Crippen LogP contribution in [0.5, 0.6) is 11.5 Å². The lowest BCUT2D eigenvalue weighted by atomic mass is 10.2. The fraction of sp³-hybridized carbons (Fsp3) is 0.150. The zero-order valence-electron chi connectivity index (χ0n) is 15.9. The van der Waals surface area contributed by atoms with E-state index < -0.39 is 17.8 Å². The van der Waals surface area contributed by atoms with E-state index >= 15 is 0 Å². The Hall–Kier alpha value is -3.31. The molecule has 0 aliphatic carbocycles. The Morgan fingerprint density at radius 3 is 2.59 bits per heavy atom. The standard InChI is InChI=1S/C20H12ClF3N4O3S/c21-17-4-3-15(32-17)11-8-16(20(22,23)24)28-18(26-11)9-12(27-28)19(29)25-10-1-2-13-14(7-10)31-6-5-30-13/h1-4,7-9H,5-6H2,(H,25,29). The number of hydrogen-bond donors (Lipinski definition) is 1. The van der Waals surface area contributed by atoms with Crippen molar-refractivity contribution < 1.29 is 27.4 Å². The van der Waals surface area contributed by atoms with Crippen LogP contribution in [-0.4, -0.2) is 33.7 Å². The summed E-state index contributed by atoms with van der Waals surface area (Å²) in [6.45, 7) is 0.800. The minimum absolute atomic E-state index is 0.0837. The maximum absolute atomic E-state index is 13.7. The second-order valence-corrected chi connectivity index (χ2v) is 8.46. The van der Waals surface area contributed by atoms with Gasteiger partial charge < -0.3 is 14.8 Å². The Morgan fingerprint density at radius 2 is 1.88 bits per heavy atom. The van der Waals surface area contributed by atoms with Crippen LogP contribution in [-0.2, 0) is 6.18 Å². The van der Waals surface area contributed by atoms with Gasteiger partial charge >= 0.3 is 6.18 Å². The lowest BCUT2D eigenvalue weighted by Gasteiger charge is -2.18. The summed E-state index contributed by atoms with van der Waals surface area (Å²) in [6, 6.07) is 10.0. The highest BCUT2D eigenvalue weighted by Gasteiger charge is 2.36.